The summed E-state index contributed by atoms with van der Waals surface area (Å²) < 4.78 is 39.3. The highest BCUT2D eigenvalue weighted by atomic mass is 19.4. The smallest absolute Gasteiger partial charge is 0.383 e. The lowest BCUT2D eigenvalue weighted by Gasteiger charge is -2.14. The fourth-order valence-corrected chi connectivity index (χ4v) is 2.92. The van der Waals surface area contributed by atoms with Crippen LogP contribution in [0.2, 0.25) is 0 Å². The van der Waals surface area contributed by atoms with Crippen molar-refractivity contribution in [1.82, 2.24) is 4.98 Å². The Labute approximate surface area is 154 Å². The van der Waals surface area contributed by atoms with E-state index in [2.05, 4.69) is 4.98 Å². The number of rotatable bonds is 2. The summed E-state index contributed by atoms with van der Waals surface area (Å²) in [4.78, 5) is 4.31. The van der Waals surface area contributed by atoms with Gasteiger partial charge in [0.25, 0.3) is 0 Å². The molecular formula is C21H16F3N3. The molecule has 27 heavy (non-hydrogen) atoms. The highest BCUT2D eigenvalue weighted by Gasteiger charge is 2.30. The molecule has 1 heterocycles. The zero-order chi connectivity index (χ0) is 19.8. The van der Waals surface area contributed by atoms with Crippen molar-refractivity contribution in [3.05, 3.63) is 70.8 Å². The number of aryl methyl sites for hydroxylation is 2. The van der Waals surface area contributed by atoms with E-state index in [1.807, 2.05) is 38.1 Å². The summed E-state index contributed by atoms with van der Waals surface area (Å²) >= 11 is 0. The van der Waals surface area contributed by atoms with E-state index in [0.29, 0.717) is 11.3 Å². The lowest BCUT2D eigenvalue weighted by atomic mass is 9.95. The number of anilines is 1. The number of benzene rings is 2. The Morgan fingerprint density at radius 1 is 1.00 bits per heavy atom. The molecule has 3 aromatic rings. The first kappa shape index (κ1) is 18.5. The van der Waals surface area contributed by atoms with Gasteiger partial charge < -0.3 is 5.73 Å². The number of aromatic nitrogens is 1. The van der Waals surface area contributed by atoms with Crippen molar-refractivity contribution in [3.8, 4) is 28.5 Å². The number of hydrogen-bond donors (Lipinski definition) is 1. The molecule has 2 N–H and O–H groups in total. The molecule has 0 fully saturated rings. The van der Waals surface area contributed by atoms with Crippen LogP contribution in [0, 0.1) is 25.2 Å². The van der Waals surface area contributed by atoms with Crippen LogP contribution in [-0.4, -0.2) is 4.98 Å². The van der Waals surface area contributed by atoms with Gasteiger partial charge in [0.15, 0.2) is 0 Å². The van der Waals surface area contributed by atoms with Gasteiger partial charge in [0.2, 0.25) is 0 Å². The molecule has 0 aliphatic carbocycles. The van der Waals surface area contributed by atoms with Gasteiger partial charge in [-0.1, -0.05) is 29.8 Å². The molecular weight excluding hydrogens is 351 g/mol. The molecule has 0 saturated heterocycles. The minimum absolute atomic E-state index is 0.0108. The largest absolute Gasteiger partial charge is 0.416 e. The molecule has 2 aromatic carbocycles. The van der Waals surface area contributed by atoms with Gasteiger partial charge in [-0.2, -0.15) is 18.4 Å². The minimum atomic E-state index is -4.47. The van der Waals surface area contributed by atoms with Crippen molar-refractivity contribution < 1.29 is 13.2 Å². The zero-order valence-electron chi connectivity index (χ0n) is 14.7. The monoisotopic (exact) mass is 367 g/mol. The molecule has 0 bridgehead atoms. The summed E-state index contributed by atoms with van der Waals surface area (Å²) in [7, 11) is 0. The minimum Gasteiger partial charge on any atom is -0.383 e. The van der Waals surface area contributed by atoms with Gasteiger partial charge in [0.1, 0.15) is 17.5 Å². The maximum absolute atomic E-state index is 13.1. The van der Waals surface area contributed by atoms with Gasteiger partial charge in [0.05, 0.1) is 11.3 Å². The lowest BCUT2D eigenvalue weighted by molar-refractivity contribution is -0.137. The van der Waals surface area contributed by atoms with Gasteiger partial charge in [-0.3, -0.25) is 0 Å². The number of nitrogens with zero attached hydrogens (tertiary/aromatic N) is 2. The Morgan fingerprint density at radius 2 is 1.74 bits per heavy atom. The summed E-state index contributed by atoms with van der Waals surface area (Å²) in [6, 6.07) is 14.2. The fourth-order valence-electron chi connectivity index (χ4n) is 2.92. The quantitative estimate of drug-likeness (QED) is 0.650. The predicted molar refractivity (Wildman–Crippen MR) is 98.7 cm³/mol. The molecule has 3 nitrogen and oxygen atoms in total. The van der Waals surface area contributed by atoms with Crippen molar-refractivity contribution in [2.45, 2.75) is 20.0 Å². The Morgan fingerprint density at radius 3 is 2.41 bits per heavy atom. The Balaban J connectivity index is 2.26. The SMILES string of the molecule is Cc1ccc(C)c(-c2cc(-c3cccc(C(F)(F)F)c3)c(C#N)c(N)n2)c1. The van der Waals surface area contributed by atoms with E-state index in [9.17, 15) is 18.4 Å². The lowest BCUT2D eigenvalue weighted by Crippen LogP contribution is -2.05. The second-order valence-corrected chi connectivity index (χ2v) is 6.32. The molecule has 6 heteroatoms. The zero-order valence-corrected chi connectivity index (χ0v) is 14.7. The molecule has 0 spiro atoms. The summed E-state index contributed by atoms with van der Waals surface area (Å²) in [5.41, 5.74) is 9.13. The molecule has 136 valence electrons. The van der Waals surface area contributed by atoms with Gasteiger partial charge in [-0.25, -0.2) is 4.98 Å². The summed E-state index contributed by atoms with van der Waals surface area (Å²) in [5, 5.41) is 9.46. The molecule has 0 aliphatic rings. The topological polar surface area (TPSA) is 62.7 Å². The molecule has 0 atom stereocenters. The molecule has 3 rings (SSSR count). The van der Waals surface area contributed by atoms with Crippen LogP contribution >= 0.6 is 0 Å². The highest BCUT2D eigenvalue weighted by molar-refractivity contribution is 5.81. The van der Waals surface area contributed by atoms with Crippen LogP contribution in [0.25, 0.3) is 22.4 Å². The van der Waals surface area contributed by atoms with Crippen LogP contribution in [0.1, 0.15) is 22.3 Å². The van der Waals surface area contributed by atoms with E-state index in [4.69, 9.17) is 5.73 Å². The molecule has 0 saturated carbocycles. The number of nitriles is 1. The number of halogens is 3. The first-order valence-corrected chi connectivity index (χ1v) is 8.16. The van der Waals surface area contributed by atoms with Crippen molar-refractivity contribution >= 4 is 5.82 Å². The number of hydrogen-bond acceptors (Lipinski definition) is 3. The van der Waals surface area contributed by atoms with E-state index in [0.717, 1.165) is 28.8 Å². The van der Waals surface area contributed by atoms with Crippen LogP contribution < -0.4 is 5.73 Å². The third-order valence-corrected chi connectivity index (χ3v) is 4.33. The predicted octanol–water partition coefficient (Wildman–Crippen LogP) is 5.51. The van der Waals surface area contributed by atoms with Crippen LogP contribution in [0.3, 0.4) is 0 Å². The number of nitrogens with two attached hydrogens (primary N) is 1. The third kappa shape index (κ3) is 3.63. The number of alkyl halides is 3. The normalized spacial score (nSPS) is 11.3. The number of nitrogen functional groups attached to an aromatic ring is 1. The van der Waals surface area contributed by atoms with E-state index < -0.39 is 11.7 Å². The maximum Gasteiger partial charge on any atom is 0.416 e. The van der Waals surface area contributed by atoms with Gasteiger partial charge in [0, 0.05) is 11.1 Å². The molecule has 0 aliphatic heterocycles. The summed E-state index contributed by atoms with van der Waals surface area (Å²) in [6.45, 7) is 3.85. The molecule has 1 aromatic heterocycles. The van der Waals surface area contributed by atoms with Gasteiger partial charge in [-0.15, -0.1) is 0 Å². The third-order valence-electron chi connectivity index (χ3n) is 4.33. The Kier molecular flexibility index (Phi) is 4.63. The van der Waals surface area contributed by atoms with E-state index in [-0.39, 0.29) is 16.9 Å². The maximum atomic E-state index is 13.1. The van der Waals surface area contributed by atoms with Gasteiger partial charge >= 0.3 is 6.18 Å². The van der Waals surface area contributed by atoms with Crippen LogP contribution in [0.5, 0.6) is 0 Å². The average molecular weight is 367 g/mol. The Hall–Kier alpha value is -3.33. The van der Waals surface area contributed by atoms with Crippen LogP contribution in [0.15, 0.2) is 48.5 Å². The second-order valence-electron chi connectivity index (χ2n) is 6.32. The summed E-state index contributed by atoms with van der Waals surface area (Å²) in [5.74, 6) is -0.0108. The first-order valence-electron chi connectivity index (χ1n) is 8.16. The molecule has 0 radical (unpaired) electrons. The van der Waals surface area contributed by atoms with Crippen molar-refractivity contribution in [2.24, 2.45) is 0 Å². The molecule has 0 unspecified atom stereocenters. The standard InChI is InChI=1S/C21H16F3N3/c1-12-6-7-13(2)16(8-12)19-10-17(18(11-25)20(26)27-19)14-4-3-5-15(9-14)21(22,23)24/h3-10H,1-2H3,(H2,26,27). The van der Waals surface area contributed by atoms with Crippen molar-refractivity contribution in [1.29, 1.82) is 5.26 Å². The second kappa shape index (κ2) is 6.76. The van der Waals surface area contributed by atoms with E-state index in [1.165, 1.54) is 12.1 Å². The highest BCUT2D eigenvalue weighted by Crippen LogP contribution is 2.36. The number of pyridine rings is 1. The van der Waals surface area contributed by atoms with E-state index in [1.54, 1.807) is 6.07 Å². The Bertz CT molecular complexity index is 1060. The van der Waals surface area contributed by atoms with Crippen molar-refractivity contribution in [2.75, 3.05) is 5.73 Å². The fraction of sp³-hybridized carbons (Fsp3) is 0.143. The van der Waals surface area contributed by atoms with Crippen LogP contribution in [-0.2, 0) is 6.18 Å². The van der Waals surface area contributed by atoms with Crippen molar-refractivity contribution in [3.63, 3.8) is 0 Å². The van der Waals surface area contributed by atoms with Gasteiger partial charge in [-0.05, 0) is 49.2 Å². The first-order chi connectivity index (χ1) is 12.7. The molecule has 0 amide bonds. The average Bonchev–Trinajstić information content (AvgIpc) is 2.62. The van der Waals surface area contributed by atoms with E-state index >= 15 is 0 Å². The summed E-state index contributed by atoms with van der Waals surface area (Å²) in [6.07, 6.45) is -4.47. The van der Waals surface area contributed by atoms with Crippen LogP contribution in [0.4, 0.5) is 19.0 Å².